The molecule has 1 N–H and O–H groups in total. The Balaban J connectivity index is 1.94. The van der Waals surface area contributed by atoms with Gasteiger partial charge in [0.05, 0.1) is 23.1 Å². The lowest BCUT2D eigenvalue weighted by Gasteiger charge is -2.21. The molecule has 23 heavy (non-hydrogen) atoms. The van der Waals surface area contributed by atoms with Crippen molar-refractivity contribution in [2.75, 3.05) is 12.9 Å². The predicted octanol–water partition coefficient (Wildman–Crippen LogP) is 3.09. The average Bonchev–Trinajstić information content (AvgIpc) is 2.99. The van der Waals surface area contributed by atoms with Gasteiger partial charge >= 0.3 is 5.97 Å². The second-order valence-electron chi connectivity index (χ2n) is 5.19. The minimum absolute atomic E-state index is 0.0267. The highest BCUT2D eigenvalue weighted by Crippen LogP contribution is 2.29. The van der Waals surface area contributed by atoms with E-state index in [0.29, 0.717) is 0 Å². The molecule has 0 aliphatic heterocycles. The van der Waals surface area contributed by atoms with Gasteiger partial charge in [0, 0.05) is 0 Å². The van der Waals surface area contributed by atoms with E-state index < -0.39 is 12.0 Å². The van der Waals surface area contributed by atoms with Crippen LogP contribution in [0.2, 0.25) is 0 Å². The molecule has 124 valence electrons. The third-order valence-electron chi connectivity index (χ3n) is 3.59. The van der Waals surface area contributed by atoms with Gasteiger partial charge < -0.3 is 10.1 Å². The number of hydrogen-bond acceptors (Lipinski definition) is 6. The van der Waals surface area contributed by atoms with Crippen molar-refractivity contribution in [2.24, 2.45) is 5.92 Å². The standard InChI is InChI=1S/C16H20N2O3S2/c1-4-10(2)14(15(20)21-3)18-13(19)9-22-16-17-11-7-5-6-8-12(11)23-16/h5-8,10,14H,4,9H2,1-3H3,(H,18,19)/t10-,14-/m0/s1. The van der Waals surface area contributed by atoms with Crippen LogP contribution in [-0.4, -0.2) is 35.8 Å². The largest absolute Gasteiger partial charge is 0.467 e. The normalized spacial score (nSPS) is 13.5. The Kier molecular flexibility index (Phi) is 6.41. The summed E-state index contributed by atoms with van der Waals surface area (Å²) in [6.07, 6.45) is 0.783. The number of nitrogens with one attached hydrogen (secondary N) is 1. The molecule has 1 amide bonds. The van der Waals surface area contributed by atoms with Crippen molar-refractivity contribution in [1.82, 2.24) is 10.3 Å². The Labute approximate surface area is 143 Å². The molecule has 2 atom stereocenters. The van der Waals surface area contributed by atoms with Crippen molar-refractivity contribution in [1.29, 1.82) is 0 Å². The van der Waals surface area contributed by atoms with Crippen LogP contribution in [0.4, 0.5) is 0 Å². The number of methoxy groups -OCH3 is 1. The Bertz CT molecular complexity index is 654. The molecule has 0 fully saturated rings. The topological polar surface area (TPSA) is 68.3 Å². The number of para-hydroxylation sites is 1. The van der Waals surface area contributed by atoms with Crippen LogP contribution in [0, 0.1) is 5.92 Å². The molecule has 0 spiro atoms. The molecule has 2 aromatic rings. The molecule has 5 nitrogen and oxygen atoms in total. The molecule has 1 heterocycles. The molecule has 0 unspecified atom stereocenters. The first-order chi connectivity index (χ1) is 11.0. The first kappa shape index (κ1) is 17.7. The molecule has 7 heteroatoms. The quantitative estimate of drug-likeness (QED) is 0.612. The number of ether oxygens (including phenoxy) is 1. The number of carbonyl (C=O) groups is 2. The lowest BCUT2D eigenvalue weighted by atomic mass is 9.99. The SMILES string of the molecule is CC[C@H](C)[C@H](NC(=O)CSc1nc2ccccc2s1)C(=O)OC. The minimum atomic E-state index is -0.603. The lowest BCUT2D eigenvalue weighted by molar-refractivity contribution is -0.146. The number of rotatable bonds is 7. The van der Waals surface area contributed by atoms with Gasteiger partial charge in [-0.2, -0.15) is 0 Å². The summed E-state index contributed by atoms with van der Waals surface area (Å²) < 4.78 is 6.71. The zero-order valence-electron chi connectivity index (χ0n) is 13.4. The summed E-state index contributed by atoms with van der Waals surface area (Å²) in [7, 11) is 1.33. The smallest absolute Gasteiger partial charge is 0.328 e. The van der Waals surface area contributed by atoms with Crippen LogP contribution in [0.3, 0.4) is 0 Å². The fourth-order valence-corrected chi connectivity index (χ4v) is 3.93. The van der Waals surface area contributed by atoms with E-state index in [9.17, 15) is 9.59 Å². The van der Waals surface area contributed by atoms with Gasteiger partial charge in [-0.15, -0.1) is 11.3 Å². The number of hydrogen-bond donors (Lipinski definition) is 1. The van der Waals surface area contributed by atoms with Crippen molar-refractivity contribution >= 4 is 45.2 Å². The Morgan fingerprint density at radius 2 is 2.13 bits per heavy atom. The number of thiazole rings is 1. The summed E-state index contributed by atoms with van der Waals surface area (Å²) in [6.45, 7) is 3.89. The van der Waals surface area contributed by atoms with Gasteiger partial charge in [0.1, 0.15) is 6.04 Å². The Morgan fingerprint density at radius 3 is 2.78 bits per heavy atom. The van der Waals surface area contributed by atoms with Crippen LogP contribution in [-0.2, 0) is 14.3 Å². The molecule has 0 radical (unpaired) electrons. The number of esters is 1. The van der Waals surface area contributed by atoms with E-state index >= 15 is 0 Å². The van der Waals surface area contributed by atoms with Crippen LogP contribution in [0.5, 0.6) is 0 Å². The molecular formula is C16H20N2O3S2. The molecule has 0 saturated heterocycles. The van der Waals surface area contributed by atoms with Gasteiger partial charge in [0.15, 0.2) is 4.34 Å². The van der Waals surface area contributed by atoms with Gasteiger partial charge in [-0.1, -0.05) is 44.2 Å². The summed E-state index contributed by atoms with van der Waals surface area (Å²) in [5, 5.41) is 2.76. The molecule has 0 aliphatic rings. The Morgan fingerprint density at radius 1 is 1.39 bits per heavy atom. The number of amides is 1. The van der Waals surface area contributed by atoms with Crippen LogP contribution in [0.25, 0.3) is 10.2 Å². The highest BCUT2D eigenvalue weighted by Gasteiger charge is 2.26. The molecule has 2 rings (SSSR count). The van der Waals surface area contributed by atoms with Gasteiger partial charge in [-0.25, -0.2) is 9.78 Å². The van der Waals surface area contributed by atoms with Crippen LogP contribution in [0.15, 0.2) is 28.6 Å². The molecular weight excluding hydrogens is 332 g/mol. The zero-order valence-corrected chi connectivity index (χ0v) is 15.0. The number of carbonyl (C=O) groups excluding carboxylic acids is 2. The van der Waals surface area contributed by atoms with Crippen LogP contribution >= 0.6 is 23.1 Å². The first-order valence-electron chi connectivity index (χ1n) is 7.40. The minimum Gasteiger partial charge on any atom is -0.467 e. The van der Waals surface area contributed by atoms with E-state index in [1.165, 1.54) is 18.9 Å². The maximum Gasteiger partial charge on any atom is 0.328 e. The van der Waals surface area contributed by atoms with E-state index in [-0.39, 0.29) is 17.6 Å². The van der Waals surface area contributed by atoms with Gasteiger partial charge in [0.2, 0.25) is 5.91 Å². The molecule has 0 aliphatic carbocycles. The summed E-state index contributed by atoms with van der Waals surface area (Å²) >= 11 is 2.94. The highest BCUT2D eigenvalue weighted by molar-refractivity contribution is 8.01. The van der Waals surface area contributed by atoms with E-state index in [0.717, 1.165) is 21.0 Å². The Hall–Kier alpha value is -1.60. The second-order valence-corrected chi connectivity index (χ2v) is 7.44. The zero-order chi connectivity index (χ0) is 16.8. The number of fused-ring (bicyclic) bond motifs is 1. The maximum atomic E-state index is 12.1. The summed E-state index contributed by atoms with van der Waals surface area (Å²) in [4.78, 5) is 28.4. The lowest BCUT2D eigenvalue weighted by Crippen LogP contribution is -2.46. The van der Waals surface area contributed by atoms with E-state index in [1.54, 1.807) is 11.3 Å². The van der Waals surface area contributed by atoms with Crippen molar-refractivity contribution in [3.8, 4) is 0 Å². The monoisotopic (exact) mass is 352 g/mol. The third kappa shape index (κ3) is 4.68. The molecule has 1 aromatic carbocycles. The average molecular weight is 352 g/mol. The van der Waals surface area contributed by atoms with Crippen LogP contribution in [0.1, 0.15) is 20.3 Å². The summed E-state index contributed by atoms with van der Waals surface area (Å²) in [6, 6.07) is 7.26. The summed E-state index contributed by atoms with van der Waals surface area (Å²) in [5.41, 5.74) is 0.937. The first-order valence-corrected chi connectivity index (χ1v) is 9.21. The molecule has 0 bridgehead atoms. The fourth-order valence-electron chi connectivity index (χ4n) is 2.05. The van der Waals surface area contributed by atoms with E-state index in [4.69, 9.17) is 4.74 Å². The fraction of sp³-hybridized carbons (Fsp3) is 0.438. The second kappa shape index (κ2) is 8.31. The van der Waals surface area contributed by atoms with Crippen molar-refractivity contribution in [3.05, 3.63) is 24.3 Å². The predicted molar refractivity (Wildman–Crippen MR) is 93.7 cm³/mol. The van der Waals surface area contributed by atoms with Crippen molar-refractivity contribution < 1.29 is 14.3 Å². The van der Waals surface area contributed by atoms with Gasteiger partial charge in [0.25, 0.3) is 0 Å². The van der Waals surface area contributed by atoms with Crippen molar-refractivity contribution in [2.45, 2.75) is 30.6 Å². The van der Waals surface area contributed by atoms with Crippen molar-refractivity contribution in [3.63, 3.8) is 0 Å². The number of benzene rings is 1. The van der Waals surface area contributed by atoms with E-state index in [1.807, 2.05) is 38.1 Å². The number of nitrogens with zero attached hydrogens (tertiary/aromatic N) is 1. The van der Waals surface area contributed by atoms with Gasteiger partial charge in [-0.05, 0) is 18.1 Å². The highest BCUT2D eigenvalue weighted by atomic mass is 32.2. The number of aromatic nitrogens is 1. The summed E-state index contributed by atoms with van der Waals surface area (Å²) in [5.74, 6) is -0.342. The van der Waals surface area contributed by atoms with Crippen LogP contribution < -0.4 is 5.32 Å². The third-order valence-corrected chi connectivity index (χ3v) is 5.76. The van der Waals surface area contributed by atoms with Gasteiger partial charge in [-0.3, -0.25) is 4.79 Å². The molecule has 0 saturated carbocycles. The maximum absolute atomic E-state index is 12.1. The van der Waals surface area contributed by atoms with E-state index in [2.05, 4.69) is 10.3 Å². The number of thioether (sulfide) groups is 1. The molecule has 1 aromatic heterocycles.